The number of hydrogen-bond acceptors (Lipinski definition) is 1. The van der Waals surface area contributed by atoms with E-state index in [0.29, 0.717) is 5.92 Å². The van der Waals surface area contributed by atoms with Crippen molar-refractivity contribution >= 4 is 5.91 Å². The molecule has 1 aliphatic heterocycles. The summed E-state index contributed by atoms with van der Waals surface area (Å²) in [5, 5.41) is 0. The third kappa shape index (κ3) is 1.27. The van der Waals surface area contributed by atoms with E-state index in [-0.39, 0.29) is 5.91 Å². The van der Waals surface area contributed by atoms with Crippen molar-refractivity contribution in [3.63, 3.8) is 0 Å². The second kappa shape index (κ2) is 3.22. The zero-order chi connectivity index (χ0) is 10.4. The molecule has 2 heteroatoms. The molecule has 2 nitrogen and oxygen atoms in total. The highest BCUT2D eigenvalue weighted by molar-refractivity contribution is 5.77. The third-order valence-electron chi connectivity index (χ3n) is 4.05. The van der Waals surface area contributed by atoms with Crippen LogP contribution in [0, 0.1) is 11.8 Å². The Bertz CT molecular complexity index is 367. The number of carbonyl (C=O) groups is 1. The molecule has 3 aliphatic rings. The lowest BCUT2D eigenvalue weighted by atomic mass is 9.74. The molecule has 0 N–H and O–H groups in total. The van der Waals surface area contributed by atoms with Gasteiger partial charge in [0.25, 0.3) is 0 Å². The van der Waals surface area contributed by atoms with E-state index in [2.05, 4.69) is 12.2 Å². The van der Waals surface area contributed by atoms with Crippen LogP contribution < -0.4 is 0 Å². The highest BCUT2D eigenvalue weighted by Gasteiger charge is 2.39. The van der Waals surface area contributed by atoms with Crippen molar-refractivity contribution < 1.29 is 4.79 Å². The second-order valence-corrected chi connectivity index (χ2v) is 4.93. The Kier molecular flexibility index (Phi) is 1.98. The number of nitrogens with zero attached hydrogens (tertiary/aromatic N) is 1. The summed E-state index contributed by atoms with van der Waals surface area (Å²) in [6, 6.07) is 0. The van der Waals surface area contributed by atoms with Gasteiger partial charge in [0, 0.05) is 25.1 Å². The van der Waals surface area contributed by atoms with Crippen LogP contribution in [-0.4, -0.2) is 17.4 Å². The first kappa shape index (κ1) is 9.20. The molecule has 1 saturated carbocycles. The summed E-state index contributed by atoms with van der Waals surface area (Å²) in [6.07, 6.45) is 9.55. The molecule has 2 aliphatic carbocycles. The number of amides is 1. The zero-order valence-corrected chi connectivity index (χ0v) is 9.20. The molecule has 0 spiro atoms. The Morgan fingerprint density at radius 2 is 2.20 bits per heavy atom. The van der Waals surface area contributed by atoms with Gasteiger partial charge in [0.15, 0.2) is 0 Å². The predicted octanol–water partition coefficient (Wildman–Crippen LogP) is 2.48. The molecule has 3 rings (SSSR count). The molecule has 1 heterocycles. The number of hydrogen-bond donors (Lipinski definition) is 0. The van der Waals surface area contributed by atoms with E-state index in [1.807, 2.05) is 4.90 Å². The highest BCUT2D eigenvalue weighted by Crippen LogP contribution is 2.46. The summed E-state index contributed by atoms with van der Waals surface area (Å²) in [7, 11) is 0. The summed E-state index contributed by atoms with van der Waals surface area (Å²) in [4.78, 5) is 13.5. The van der Waals surface area contributed by atoms with Crippen molar-refractivity contribution in [2.24, 2.45) is 11.8 Å². The topological polar surface area (TPSA) is 20.3 Å². The fourth-order valence-electron chi connectivity index (χ4n) is 3.41. The van der Waals surface area contributed by atoms with Crippen LogP contribution in [0.25, 0.3) is 0 Å². The Balaban J connectivity index is 2.03. The molecule has 15 heavy (non-hydrogen) atoms. The van der Waals surface area contributed by atoms with Crippen LogP contribution in [-0.2, 0) is 4.79 Å². The van der Waals surface area contributed by atoms with Gasteiger partial charge in [0.2, 0.25) is 5.91 Å². The van der Waals surface area contributed by atoms with Gasteiger partial charge in [-0.25, -0.2) is 0 Å². The van der Waals surface area contributed by atoms with Gasteiger partial charge in [-0.2, -0.15) is 0 Å². The van der Waals surface area contributed by atoms with Crippen molar-refractivity contribution in [2.45, 2.75) is 32.6 Å². The summed E-state index contributed by atoms with van der Waals surface area (Å²) in [5.41, 5.74) is 2.84. The van der Waals surface area contributed by atoms with E-state index in [1.54, 1.807) is 12.5 Å². The Hall–Kier alpha value is -1.05. The molecule has 0 radical (unpaired) electrons. The Labute approximate surface area is 90.6 Å². The molecular formula is C13H17NO. The molecule has 0 aromatic heterocycles. The number of carbonyl (C=O) groups excluding carboxylic acids is 1. The average molecular weight is 203 g/mol. The lowest BCUT2D eigenvalue weighted by Gasteiger charge is -2.29. The molecule has 2 unspecified atom stereocenters. The average Bonchev–Trinajstić information content (AvgIpc) is 2.61. The first-order valence-corrected chi connectivity index (χ1v) is 5.96. The van der Waals surface area contributed by atoms with Gasteiger partial charge in [-0.1, -0.05) is 12.5 Å². The van der Waals surface area contributed by atoms with E-state index in [1.165, 1.54) is 31.4 Å². The van der Waals surface area contributed by atoms with Gasteiger partial charge in [-0.3, -0.25) is 4.79 Å². The molecule has 0 bridgehead atoms. The largest absolute Gasteiger partial charge is 0.312 e. The smallest absolute Gasteiger partial charge is 0.223 e. The first-order chi connectivity index (χ1) is 7.27. The lowest BCUT2D eigenvalue weighted by Crippen LogP contribution is -2.26. The minimum Gasteiger partial charge on any atom is -0.312 e. The van der Waals surface area contributed by atoms with Crippen LogP contribution in [0.3, 0.4) is 0 Å². The second-order valence-electron chi connectivity index (χ2n) is 4.93. The highest BCUT2D eigenvalue weighted by atomic mass is 16.2. The van der Waals surface area contributed by atoms with Gasteiger partial charge in [0.1, 0.15) is 0 Å². The monoisotopic (exact) mass is 203 g/mol. The van der Waals surface area contributed by atoms with Gasteiger partial charge in [-0.05, 0) is 36.8 Å². The van der Waals surface area contributed by atoms with Gasteiger partial charge in [0.05, 0.1) is 0 Å². The molecule has 0 aromatic rings. The molecule has 0 saturated heterocycles. The molecule has 1 amide bonds. The fraction of sp³-hybridized carbons (Fsp3) is 0.615. The van der Waals surface area contributed by atoms with Crippen LogP contribution in [0.1, 0.15) is 32.6 Å². The quantitative estimate of drug-likeness (QED) is 0.592. The van der Waals surface area contributed by atoms with Crippen LogP contribution in [0.15, 0.2) is 23.4 Å². The summed E-state index contributed by atoms with van der Waals surface area (Å²) in [6.45, 7) is 2.63. The van der Waals surface area contributed by atoms with Crippen LogP contribution >= 0.6 is 0 Å². The van der Waals surface area contributed by atoms with Crippen LogP contribution in [0.5, 0.6) is 0 Å². The maximum absolute atomic E-state index is 11.5. The number of allylic oxidation sites excluding steroid dienone is 2. The maximum Gasteiger partial charge on any atom is 0.223 e. The van der Waals surface area contributed by atoms with E-state index >= 15 is 0 Å². The van der Waals surface area contributed by atoms with Gasteiger partial charge in [-0.15, -0.1) is 0 Å². The van der Waals surface area contributed by atoms with Crippen molar-refractivity contribution in [3.05, 3.63) is 23.4 Å². The lowest BCUT2D eigenvalue weighted by molar-refractivity contribution is -0.126. The standard InChI is InChI=1S/C13H17NO/c1-9(15)14-8-11-6-2-4-10-5-3-7-12(14)13(10)11/h3,7,10-11H,2,4-6,8H2,1H3. The van der Waals surface area contributed by atoms with E-state index in [4.69, 9.17) is 0 Å². The van der Waals surface area contributed by atoms with E-state index in [9.17, 15) is 4.79 Å². The molecule has 2 atom stereocenters. The SMILES string of the molecule is CC(=O)N1CC2CCCC3CC=CC1=C32. The van der Waals surface area contributed by atoms with Gasteiger partial charge < -0.3 is 4.90 Å². The first-order valence-electron chi connectivity index (χ1n) is 5.96. The zero-order valence-electron chi connectivity index (χ0n) is 9.20. The van der Waals surface area contributed by atoms with Crippen molar-refractivity contribution in [1.82, 2.24) is 4.90 Å². The Morgan fingerprint density at radius 3 is 3.00 bits per heavy atom. The van der Waals surface area contributed by atoms with Crippen molar-refractivity contribution in [2.75, 3.05) is 6.54 Å². The number of rotatable bonds is 0. The molecular weight excluding hydrogens is 186 g/mol. The minimum absolute atomic E-state index is 0.206. The van der Waals surface area contributed by atoms with Crippen LogP contribution in [0.2, 0.25) is 0 Å². The Morgan fingerprint density at radius 1 is 1.40 bits per heavy atom. The minimum atomic E-state index is 0.206. The summed E-state index contributed by atoms with van der Waals surface area (Å²) in [5.74, 6) is 1.62. The predicted molar refractivity (Wildman–Crippen MR) is 59.0 cm³/mol. The molecule has 0 aromatic carbocycles. The van der Waals surface area contributed by atoms with E-state index < -0.39 is 0 Å². The van der Waals surface area contributed by atoms with Crippen molar-refractivity contribution in [1.29, 1.82) is 0 Å². The maximum atomic E-state index is 11.5. The van der Waals surface area contributed by atoms with Crippen LogP contribution in [0.4, 0.5) is 0 Å². The summed E-state index contributed by atoms with van der Waals surface area (Å²) < 4.78 is 0. The summed E-state index contributed by atoms with van der Waals surface area (Å²) >= 11 is 0. The molecule has 1 fully saturated rings. The normalized spacial score (nSPS) is 33.3. The fourth-order valence-corrected chi connectivity index (χ4v) is 3.41. The van der Waals surface area contributed by atoms with Crippen molar-refractivity contribution in [3.8, 4) is 0 Å². The molecule has 80 valence electrons. The van der Waals surface area contributed by atoms with E-state index in [0.717, 1.165) is 12.5 Å². The van der Waals surface area contributed by atoms with Gasteiger partial charge >= 0.3 is 0 Å². The third-order valence-corrected chi connectivity index (χ3v) is 4.05.